The van der Waals surface area contributed by atoms with Gasteiger partial charge in [-0.05, 0) is 32.8 Å². The van der Waals surface area contributed by atoms with Gasteiger partial charge in [0.25, 0.3) is 0 Å². The number of carbonyl (C=O) groups is 2. The maximum atomic E-state index is 12.3. The molecule has 6 nitrogen and oxygen atoms in total. The molecule has 0 saturated heterocycles. The van der Waals surface area contributed by atoms with E-state index < -0.39 is 5.69 Å². The van der Waals surface area contributed by atoms with Crippen LogP contribution in [0.5, 0.6) is 0 Å². The molecule has 138 valence electrons. The summed E-state index contributed by atoms with van der Waals surface area (Å²) in [4.78, 5) is 42.1. The second kappa shape index (κ2) is 8.80. The number of carbonyl (C=O) groups excluding carboxylic acids is 2. The molecule has 0 aliphatic rings. The molecule has 1 amide bonds. The van der Waals surface area contributed by atoms with Gasteiger partial charge < -0.3 is 10.3 Å². The summed E-state index contributed by atoms with van der Waals surface area (Å²) < 4.78 is 0. The zero-order valence-corrected chi connectivity index (χ0v) is 16.2. The third-order valence-electron chi connectivity index (χ3n) is 4.00. The van der Waals surface area contributed by atoms with Crippen molar-refractivity contribution in [3.63, 3.8) is 0 Å². The van der Waals surface area contributed by atoms with E-state index in [2.05, 4.69) is 15.3 Å². The third-order valence-corrected chi connectivity index (χ3v) is 4.98. The van der Waals surface area contributed by atoms with Gasteiger partial charge in [-0.15, -0.1) is 0 Å². The minimum atomic E-state index is -0.526. The van der Waals surface area contributed by atoms with Gasteiger partial charge in [0, 0.05) is 5.69 Å². The average molecular weight is 373 g/mol. The van der Waals surface area contributed by atoms with E-state index in [0.29, 0.717) is 11.3 Å². The van der Waals surface area contributed by atoms with Crippen molar-refractivity contribution in [2.24, 2.45) is 0 Å². The van der Waals surface area contributed by atoms with Crippen molar-refractivity contribution in [1.29, 1.82) is 0 Å². The number of aryl methyl sites for hydroxylation is 2. The number of nitrogens with zero attached hydrogens (tertiary/aromatic N) is 1. The minimum Gasteiger partial charge on any atom is -0.349 e. The van der Waals surface area contributed by atoms with E-state index in [-0.39, 0.29) is 28.5 Å². The number of thioether (sulfide) groups is 1. The Bertz CT molecular complexity index is 859. The van der Waals surface area contributed by atoms with E-state index in [1.807, 2.05) is 38.1 Å². The highest BCUT2D eigenvalue weighted by Crippen LogP contribution is 2.22. The van der Waals surface area contributed by atoms with Crippen molar-refractivity contribution in [2.75, 3.05) is 5.75 Å². The van der Waals surface area contributed by atoms with Crippen LogP contribution in [0.3, 0.4) is 0 Å². The van der Waals surface area contributed by atoms with Crippen molar-refractivity contribution in [2.45, 2.75) is 45.2 Å². The van der Waals surface area contributed by atoms with Crippen molar-refractivity contribution >= 4 is 23.5 Å². The van der Waals surface area contributed by atoms with Crippen LogP contribution in [0.1, 0.15) is 53.5 Å². The monoisotopic (exact) mass is 373 g/mol. The first-order chi connectivity index (χ1) is 12.3. The van der Waals surface area contributed by atoms with Gasteiger partial charge in [0.2, 0.25) is 5.91 Å². The van der Waals surface area contributed by atoms with E-state index in [9.17, 15) is 14.4 Å². The molecule has 2 N–H and O–H groups in total. The van der Waals surface area contributed by atoms with E-state index in [1.54, 1.807) is 6.92 Å². The Morgan fingerprint density at radius 1 is 1.23 bits per heavy atom. The molecule has 1 aromatic heterocycles. The Kier molecular flexibility index (Phi) is 6.74. The Labute approximate surface area is 156 Å². The lowest BCUT2D eigenvalue weighted by Gasteiger charge is -2.17. The smallest absolute Gasteiger partial charge is 0.346 e. The van der Waals surface area contributed by atoms with E-state index in [0.717, 1.165) is 29.3 Å². The number of hydrogen-bond acceptors (Lipinski definition) is 5. The van der Waals surface area contributed by atoms with Crippen LogP contribution in [-0.4, -0.2) is 27.4 Å². The number of rotatable bonds is 7. The van der Waals surface area contributed by atoms with Crippen molar-refractivity contribution in [3.8, 4) is 0 Å². The summed E-state index contributed by atoms with van der Waals surface area (Å²) in [6.45, 7) is 7.09. The van der Waals surface area contributed by atoms with Gasteiger partial charge in [0.1, 0.15) is 5.03 Å². The van der Waals surface area contributed by atoms with Gasteiger partial charge in [0.15, 0.2) is 5.78 Å². The highest BCUT2D eigenvalue weighted by molar-refractivity contribution is 8.00. The number of hydrogen-bond donors (Lipinski definition) is 2. The first-order valence-corrected chi connectivity index (χ1v) is 9.41. The number of H-pyrrole nitrogens is 1. The van der Waals surface area contributed by atoms with Crippen LogP contribution in [0.2, 0.25) is 0 Å². The molecule has 0 bridgehead atoms. The Morgan fingerprint density at radius 2 is 1.88 bits per heavy atom. The Hall–Kier alpha value is -2.41. The third kappa shape index (κ3) is 5.05. The van der Waals surface area contributed by atoms with Gasteiger partial charge in [-0.25, -0.2) is 4.79 Å². The molecule has 1 atom stereocenters. The van der Waals surface area contributed by atoms with Gasteiger partial charge in [-0.1, -0.05) is 48.5 Å². The van der Waals surface area contributed by atoms with Crippen LogP contribution in [0.15, 0.2) is 34.1 Å². The zero-order valence-electron chi connectivity index (χ0n) is 15.4. The van der Waals surface area contributed by atoms with Gasteiger partial charge in [-0.3, -0.25) is 9.59 Å². The quantitative estimate of drug-likeness (QED) is 0.442. The summed E-state index contributed by atoms with van der Waals surface area (Å²) in [5.41, 5.74) is 2.50. The Balaban J connectivity index is 2.08. The summed E-state index contributed by atoms with van der Waals surface area (Å²) in [5.74, 6) is -0.282. The number of aromatic amines is 1. The molecule has 0 saturated carbocycles. The molecule has 26 heavy (non-hydrogen) atoms. The van der Waals surface area contributed by atoms with Crippen LogP contribution < -0.4 is 11.0 Å². The second-order valence-corrected chi connectivity index (χ2v) is 7.10. The number of aromatic nitrogens is 2. The van der Waals surface area contributed by atoms with Crippen LogP contribution in [0.4, 0.5) is 0 Å². The van der Waals surface area contributed by atoms with Crippen LogP contribution in [0, 0.1) is 13.8 Å². The lowest BCUT2D eigenvalue weighted by atomic mass is 10.0. The molecular weight excluding hydrogens is 350 g/mol. The fourth-order valence-corrected chi connectivity index (χ4v) is 3.61. The topological polar surface area (TPSA) is 91.9 Å². The second-order valence-electron chi connectivity index (χ2n) is 6.13. The maximum absolute atomic E-state index is 12.3. The van der Waals surface area contributed by atoms with E-state index in [1.165, 1.54) is 6.92 Å². The predicted octanol–water partition coefficient (Wildman–Crippen LogP) is 2.95. The van der Waals surface area contributed by atoms with Crippen LogP contribution in [-0.2, 0) is 4.79 Å². The van der Waals surface area contributed by atoms with Crippen LogP contribution in [0.25, 0.3) is 0 Å². The molecule has 7 heteroatoms. The largest absolute Gasteiger partial charge is 0.349 e. The first-order valence-electron chi connectivity index (χ1n) is 8.42. The molecule has 0 fully saturated rings. The summed E-state index contributed by atoms with van der Waals surface area (Å²) in [5, 5.41) is 3.28. The SMILES string of the molecule is CC[C@H](NC(=O)CSc1nc(=O)[nH]c(C)c1C(C)=O)c1ccc(C)cc1. The molecule has 0 radical (unpaired) electrons. The number of benzene rings is 1. The lowest BCUT2D eigenvalue weighted by Crippen LogP contribution is -2.30. The summed E-state index contributed by atoms with van der Waals surface area (Å²) in [7, 11) is 0. The minimum absolute atomic E-state index is 0.0788. The van der Waals surface area contributed by atoms with Gasteiger partial charge >= 0.3 is 5.69 Å². The van der Waals surface area contributed by atoms with Crippen molar-refractivity contribution in [1.82, 2.24) is 15.3 Å². The van der Waals surface area contributed by atoms with Crippen LogP contribution >= 0.6 is 11.8 Å². The first kappa shape index (κ1) is 19.9. The molecule has 0 spiro atoms. The molecule has 1 aromatic carbocycles. The average Bonchev–Trinajstić information content (AvgIpc) is 2.57. The van der Waals surface area contributed by atoms with Crippen molar-refractivity contribution < 1.29 is 9.59 Å². The predicted molar refractivity (Wildman–Crippen MR) is 103 cm³/mol. The molecular formula is C19H23N3O3S. The zero-order chi connectivity index (χ0) is 19.3. The Morgan fingerprint density at radius 3 is 2.46 bits per heavy atom. The number of amides is 1. The number of ketones is 1. The molecule has 0 aliphatic carbocycles. The summed E-state index contributed by atoms with van der Waals surface area (Å²) in [6.07, 6.45) is 0.764. The fourth-order valence-electron chi connectivity index (χ4n) is 2.67. The highest BCUT2D eigenvalue weighted by Gasteiger charge is 2.17. The summed E-state index contributed by atoms with van der Waals surface area (Å²) in [6, 6.07) is 7.96. The standard InChI is InChI=1S/C19H23N3O3S/c1-5-15(14-8-6-11(2)7-9-14)21-16(24)10-26-18-17(13(4)23)12(3)20-19(25)22-18/h6-9,15H,5,10H2,1-4H3,(H,21,24)(H,20,22,25)/t15-/m0/s1. The maximum Gasteiger partial charge on any atom is 0.346 e. The lowest BCUT2D eigenvalue weighted by molar-refractivity contribution is -0.119. The van der Waals surface area contributed by atoms with Gasteiger partial charge in [-0.2, -0.15) is 4.98 Å². The summed E-state index contributed by atoms with van der Waals surface area (Å²) >= 11 is 1.10. The fraction of sp³-hybridized carbons (Fsp3) is 0.368. The molecule has 1 heterocycles. The molecule has 2 aromatic rings. The molecule has 0 unspecified atom stereocenters. The highest BCUT2D eigenvalue weighted by atomic mass is 32.2. The van der Waals surface area contributed by atoms with E-state index >= 15 is 0 Å². The number of Topliss-reactive ketones (excluding diaryl/α,β-unsaturated/α-hetero) is 1. The molecule has 2 rings (SSSR count). The van der Waals surface area contributed by atoms with E-state index in [4.69, 9.17) is 0 Å². The normalized spacial score (nSPS) is 11.8. The van der Waals surface area contributed by atoms with Crippen molar-refractivity contribution in [3.05, 3.63) is 57.1 Å². The molecule has 0 aliphatic heterocycles. The number of nitrogens with one attached hydrogen (secondary N) is 2. The van der Waals surface area contributed by atoms with Gasteiger partial charge in [0.05, 0.1) is 17.4 Å².